The molecule has 0 saturated carbocycles. The van der Waals surface area contributed by atoms with Gasteiger partial charge in [0.05, 0.1) is 23.5 Å². The number of nitrogens with zero attached hydrogens (tertiary/aromatic N) is 4. The third kappa shape index (κ3) is 5.77. The monoisotopic (exact) mass is 400 g/mol. The van der Waals surface area contributed by atoms with Crippen LogP contribution < -0.4 is 4.90 Å². The molecular weight excluding hydrogens is 378 g/mol. The lowest BCUT2D eigenvalue weighted by molar-refractivity contribution is 0.154. The fourth-order valence-electron chi connectivity index (χ4n) is 3.00. The van der Waals surface area contributed by atoms with E-state index in [1.54, 1.807) is 24.5 Å². The number of aliphatic hydroxyl groups excluding tert-OH is 1. The highest BCUT2D eigenvalue weighted by Gasteiger charge is 2.19. The predicted octanol–water partition coefficient (Wildman–Crippen LogP) is 3.33. The molecular formula is C18H23Cl2FN4O. The summed E-state index contributed by atoms with van der Waals surface area (Å²) in [5.41, 5.74) is 0.770. The van der Waals surface area contributed by atoms with E-state index in [1.165, 1.54) is 12.1 Å². The quantitative estimate of drug-likeness (QED) is 0.805. The van der Waals surface area contributed by atoms with Crippen molar-refractivity contribution in [1.29, 1.82) is 0 Å². The number of halogens is 3. The molecule has 0 spiro atoms. The number of anilines is 1. The first-order valence-corrected chi connectivity index (χ1v) is 8.88. The lowest BCUT2D eigenvalue weighted by Gasteiger charge is -2.34. The fourth-order valence-corrected chi connectivity index (χ4v) is 3.10. The molecule has 2 heterocycles. The second-order valence-electron chi connectivity index (χ2n) is 6.24. The van der Waals surface area contributed by atoms with Crippen molar-refractivity contribution in [3.05, 3.63) is 53.1 Å². The van der Waals surface area contributed by atoms with Crippen LogP contribution in [0.1, 0.15) is 24.5 Å². The Morgan fingerprint density at radius 1 is 1.08 bits per heavy atom. The van der Waals surface area contributed by atoms with Gasteiger partial charge in [-0.2, -0.15) is 0 Å². The average Bonchev–Trinajstić information content (AvgIpc) is 2.63. The van der Waals surface area contributed by atoms with Gasteiger partial charge in [0.15, 0.2) is 0 Å². The standard InChI is InChI=1S/C18H22ClFN4O.ClH/c19-15-12-21-18(22-13-15)24-10-8-23(9-11-24)7-1-2-17(25)14-3-5-16(20)6-4-14;/h3-6,12-13,17,25H,1-2,7-11H2;1H. The molecule has 1 aromatic heterocycles. The van der Waals surface area contributed by atoms with E-state index in [-0.39, 0.29) is 18.2 Å². The number of aliphatic hydroxyl groups is 1. The first-order valence-electron chi connectivity index (χ1n) is 8.50. The normalized spacial score (nSPS) is 16.2. The van der Waals surface area contributed by atoms with Gasteiger partial charge in [-0.15, -0.1) is 12.4 Å². The van der Waals surface area contributed by atoms with E-state index in [1.807, 2.05) is 0 Å². The van der Waals surface area contributed by atoms with Gasteiger partial charge in [0.2, 0.25) is 5.95 Å². The summed E-state index contributed by atoms with van der Waals surface area (Å²) in [6.07, 6.45) is 4.27. The number of piperazine rings is 1. The highest BCUT2D eigenvalue weighted by atomic mass is 35.5. The minimum absolute atomic E-state index is 0. The Morgan fingerprint density at radius 2 is 1.69 bits per heavy atom. The summed E-state index contributed by atoms with van der Waals surface area (Å²) in [5.74, 6) is 0.439. The van der Waals surface area contributed by atoms with Gasteiger partial charge in [0, 0.05) is 26.2 Å². The van der Waals surface area contributed by atoms with Crippen molar-refractivity contribution in [1.82, 2.24) is 14.9 Å². The van der Waals surface area contributed by atoms with Crippen LogP contribution in [0.4, 0.5) is 10.3 Å². The molecule has 5 nitrogen and oxygen atoms in total. The summed E-state index contributed by atoms with van der Waals surface area (Å²) in [6.45, 7) is 4.58. The van der Waals surface area contributed by atoms with Gasteiger partial charge in [-0.25, -0.2) is 14.4 Å². The van der Waals surface area contributed by atoms with E-state index < -0.39 is 6.10 Å². The molecule has 3 rings (SSSR count). The minimum atomic E-state index is -0.538. The van der Waals surface area contributed by atoms with Crippen molar-refractivity contribution in [3.63, 3.8) is 0 Å². The Balaban J connectivity index is 0.00000243. The fraction of sp³-hybridized carbons (Fsp3) is 0.444. The maximum Gasteiger partial charge on any atom is 0.225 e. The molecule has 1 aliphatic rings. The molecule has 0 aliphatic carbocycles. The molecule has 0 radical (unpaired) electrons. The molecule has 1 unspecified atom stereocenters. The van der Waals surface area contributed by atoms with Gasteiger partial charge >= 0.3 is 0 Å². The molecule has 1 aromatic carbocycles. The summed E-state index contributed by atoms with van der Waals surface area (Å²) in [7, 11) is 0. The number of rotatable bonds is 6. The van der Waals surface area contributed by atoms with Gasteiger partial charge < -0.3 is 10.0 Å². The van der Waals surface area contributed by atoms with Crippen LogP contribution in [-0.4, -0.2) is 52.7 Å². The SMILES string of the molecule is Cl.OC(CCCN1CCN(c2ncc(Cl)cn2)CC1)c1ccc(F)cc1. The highest BCUT2D eigenvalue weighted by Crippen LogP contribution is 2.19. The lowest BCUT2D eigenvalue weighted by atomic mass is 10.0. The lowest BCUT2D eigenvalue weighted by Crippen LogP contribution is -2.47. The van der Waals surface area contributed by atoms with Gasteiger partial charge in [0.1, 0.15) is 5.82 Å². The molecule has 0 bridgehead atoms. The van der Waals surface area contributed by atoms with E-state index in [2.05, 4.69) is 19.8 Å². The van der Waals surface area contributed by atoms with Crippen LogP contribution in [0.15, 0.2) is 36.7 Å². The van der Waals surface area contributed by atoms with Crippen LogP contribution >= 0.6 is 24.0 Å². The van der Waals surface area contributed by atoms with Crippen LogP contribution in [0.3, 0.4) is 0 Å². The summed E-state index contributed by atoms with van der Waals surface area (Å²) >= 11 is 5.82. The summed E-state index contributed by atoms with van der Waals surface area (Å²) in [4.78, 5) is 13.0. The minimum Gasteiger partial charge on any atom is -0.388 e. The van der Waals surface area contributed by atoms with Crippen LogP contribution in [0.5, 0.6) is 0 Å². The van der Waals surface area contributed by atoms with Crippen molar-refractivity contribution < 1.29 is 9.50 Å². The Morgan fingerprint density at radius 3 is 2.31 bits per heavy atom. The third-order valence-electron chi connectivity index (χ3n) is 4.47. The van der Waals surface area contributed by atoms with E-state index in [4.69, 9.17) is 11.6 Å². The van der Waals surface area contributed by atoms with Gasteiger partial charge in [0.25, 0.3) is 0 Å². The molecule has 1 saturated heterocycles. The largest absolute Gasteiger partial charge is 0.388 e. The number of aromatic nitrogens is 2. The second kappa shape index (κ2) is 10.0. The molecule has 142 valence electrons. The zero-order valence-electron chi connectivity index (χ0n) is 14.4. The molecule has 1 fully saturated rings. The maximum absolute atomic E-state index is 12.9. The average molecular weight is 401 g/mol. The number of hydrogen-bond donors (Lipinski definition) is 1. The molecule has 8 heteroatoms. The third-order valence-corrected chi connectivity index (χ3v) is 4.66. The summed E-state index contributed by atoms with van der Waals surface area (Å²) in [6, 6.07) is 6.06. The van der Waals surface area contributed by atoms with Crippen LogP contribution in [0.2, 0.25) is 5.02 Å². The number of benzene rings is 1. The van der Waals surface area contributed by atoms with E-state index in [0.717, 1.165) is 50.7 Å². The first-order chi connectivity index (χ1) is 12.1. The van der Waals surface area contributed by atoms with E-state index >= 15 is 0 Å². The molecule has 1 atom stereocenters. The molecule has 0 amide bonds. The van der Waals surface area contributed by atoms with E-state index in [9.17, 15) is 9.50 Å². The second-order valence-corrected chi connectivity index (χ2v) is 6.68. The number of hydrogen-bond acceptors (Lipinski definition) is 5. The Hall–Kier alpha value is -1.47. The van der Waals surface area contributed by atoms with Crippen LogP contribution in [0.25, 0.3) is 0 Å². The first kappa shape index (κ1) is 20.8. The van der Waals surface area contributed by atoms with Crippen molar-refractivity contribution in [3.8, 4) is 0 Å². The molecule has 2 aromatic rings. The van der Waals surface area contributed by atoms with Crippen molar-refractivity contribution in [2.45, 2.75) is 18.9 Å². The van der Waals surface area contributed by atoms with Gasteiger partial charge in [-0.1, -0.05) is 23.7 Å². The van der Waals surface area contributed by atoms with Crippen molar-refractivity contribution in [2.75, 3.05) is 37.6 Å². The van der Waals surface area contributed by atoms with E-state index in [0.29, 0.717) is 11.4 Å². The van der Waals surface area contributed by atoms with Crippen LogP contribution in [0, 0.1) is 5.82 Å². The Kier molecular flexibility index (Phi) is 8.03. The highest BCUT2D eigenvalue weighted by molar-refractivity contribution is 6.30. The zero-order valence-corrected chi connectivity index (χ0v) is 16.0. The summed E-state index contributed by atoms with van der Waals surface area (Å²) in [5, 5.41) is 10.7. The Labute approximate surface area is 164 Å². The Bertz CT molecular complexity index is 664. The van der Waals surface area contributed by atoms with Crippen molar-refractivity contribution >= 4 is 30.0 Å². The topological polar surface area (TPSA) is 52.5 Å². The zero-order chi connectivity index (χ0) is 17.6. The summed E-state index contributed by atoms with van der Waals surface area (Å²) < 4.78 is 12.9. The maximum atomic E-state index is 12.9. The van der Waals surface area contributed by atoms with Gasteiger partial charge in [-0.05, 0) is 37.1 Å². The molecule has 1 N–H and O–H groups in total. The van der Waals surface area contributed by atoms with Crippen LogP contribution in [-0.2, 0) is 0 Å². The predicted molar refractivity (Wildman–Crippen MR) is 104 cm³/mol. The smallest absolute Gasteiger partial charge is 0.225 e. The van der Waals surface area contributed by atoms with Crippen molar-refractivity contribution in [2.24, 2.45) is 0 Å². The van der Waals surface area contributed by atoms with Gasteiger partial charge in [-0.3, -0.25) is 4.90 Å². The molecule has 1 aliphatic heterocycles. The molecule has 26 heavy (non-hydrogen) atoms.